The highest BCUT2D eigenvalue weighted by Crippen LogP contribution is 2.71. The standard InChI is InChI=1S/C13H16F9I/c1-3-5-6-8(23,4-2)7-9(14)10(15,16)12(19,20)13(21,22)11(9,17)18/h3-7H2,1-2H3. The molecule has 10 heteroatoms. The fraction of sp³-hybridized carbons (Fsp3) is 1.00. The highest BCUT2D eigenvalue weighted by atomic mass is 127. The third-order valence-electron chi connectivity index (χ3n) is 4.35. The minimum absolute atomic E-state index is 0.0322. The Balaban J connectivity index is 3.42. The Bertz CT molecular complexity index is 423. The van der Waals surface area contributed by atoms with Crippen LogP contribution in [0.1, 0.15) is 46.0 Å². The highest BCUT2D eigenvalue weighted by molar-refractivity contribution is 14.1. The van der Waals surface area contributed by atoms with Crippen LogP contribution < -0.4 is 0 Å². The number of unbranched alkanes of at least 4 members (excludes halogenated alkanes) is 1. The second-order valence-corrected chi connectivity index (χ2v) is 8.17. The summed E-state index contributed by atoms with van der Waals surface area (Å²) in [6.45, 7) is 3.06. The molecular formula is C13H16F9I. The first-order valence-corrected chi connectivity index (χ1v) is 8.05. The summed E-state index contributed by atoms with van der Waals surface area (Å²) in [5, 5.41) is 0. The van der Waals surface area contributed by atoms with E-state index in [2.05, 4.69) is 0 Å². The molecule has 1 atom stereocenters. The quantitative estimate of drug-likeness (QED) is 0.239. The van der Waals surface area contributed by atoms with Crippen LogP contribution in [-0.2, 0) is 0 Å². The molecule has 1 fully saturated rings. The molecule has 0 amide bonds. The van der Waals surface area contributed by atoms with Gasteiger partial charge >= 0.3 is 23.7 Å². The van der Waals surface area contributed by atoms with Gasteiger partial charge in [0, 0.05) is 9.84 Å². The predicted octanol–water partition coefficient (Wildman–Crippen LogP) is 6.41. The number of hydrogen-bond acceptors (Lipinski definition) is 0. The van der Waals surface area contributed by atoms with Crippen molar-refractivity contribution in [3.63, 3.8) is 0 Å². The van der Waals surface area contributed by atoms with Gasteiger partial charge in [0.1, 0.15) is 0 Å². The van der Waals surface area contributed by atoms with E-state index in [9.17, 15) is 39.5 Å². The zero-order chi connectivity index (χ0) is 18.5. The summed E-state index contributed by atoms with van der Waals surface area (Å²) in [6.07, 6.45) is -1.08. The fourth-order valence-corrected chi connectivity index (χ4v) is 3.54. The topological polar surface area (TPSA) is 0 Å². The summed E-state index contributed by atoms with van der Waals surface area (Å²) >= 11 is 1.42. The Morgan fingerprint density at radius 2 is 1.13 bits per heavy atom. The monoisotopic (exact) mass is 470 g/mol. The molecule has 0 aromatic rings. The number of halogens is 10. The summed E-state index contributed by atoms with van der Waals surface area (Å²) in [7, 11) is 0. The lowest BCUT2D eigenvalue weighted by atomic mass is 9.82. The van der Waals surface area contributed by atoms with Gasteiger partial charge in [-0.15, -0.1) is 0 Å². The van der Waals surface area contributed by atoms with Gasteiger partial charge in [0.15, 0.2) is 0 Å². The average molecular weight is 470 g/mol. The zero-order valence-corrected chi connectivity index (χ0v) is 14.5. The Kier molecular flexibility index (Phi) is 5.35. The Morgan fingerprint density at radius 3 is 1.43 bits per heavy atom. The van der Waals surface area contributed by atoms with E-state index < -0.39 is 39.2 Å². The Hall–Kier alpha value is 0.1000. The van der Waals surface area contributed by atoms with Gasteiger partial charge < -0.3 is 0 Å². The van der Waals surface area contributed by atoms with E-state index in [1.165, 1.54) is 29.5 Å². The number of alkyl halides is 10. The van der Waals surface area contributed by atoms with Gasteiger partial charge in [-0.3, -0.25) is 0 Å². The lowest BCUT2D eigenvalue weighted by Crippen LogP contribution is -2.57. The Labute approximate surface area is 141 Å². The van der Waals surface area contributed by atoms with Crippen LogP contribution in [0.25, 0.3) is 0 Å². The van der Waals surface area contributed by atoms with Crippen molar-refractivity contribution in [3.05, 3.63) is 0 Å². The average Bonchev–Trinajstić information content (AvgIpc) is 2.47. The SMILES string of the molecule is CCCCC(I)(CC)CC1(F)C(F)(F)C(F)(F)C(F)(F)C1(F)F. The van der Waals surface area contributed by atoms with Gasteiger partial charge in [-0.2, -0.15) is 35.1 Å². The summed E-state index contributed by atoms with van der Waals surface area (Å²) in [4.78, 5) is 0. The van der Waals surface area contributed by atoms with E-state index in [1.807, 2.05) is 0 Å². The molecule has 1 aliphatic rings. The van der Waals surface area contributed by atoms with Gasteiger partial charge in [0.25, 0.3) is 5.67 Å². The van der Waals surface area contributed by atoms with Gasteiger partial charge in [0.2, 0.25) is 0 Å². The molecule has 1 rings (SSSR count). The van der Waals surface area contributed by atoms with Crippen LogP contribution in [0.3, 0.4) is 0 Å². The molecule has 138 valence electrons. The van der Waals surface area contributed by atoms with Crippen LogP contribution in [0.15, 0.2) is 0 Å². The molecule has 0 nitrogen and oxygen atoms in total. The van der Waals surface area contributed by atoms with Crippen molar-refractivity contribution in [1.82, 2.24) is 0 Å². The minimum Gasteiger partial charge on any atom is -0.230 e. The van der Waals surface area contributed by atoms with Gasteiger partial charge in [0.05, 0.1) is 0 Å². The maximum absolute atomic E-state index is 14.5. The van der Waals surface area contributed by atoms with Gasteiger partial charge in [-0.25, -0.2) is 4.39 Å². The normalized spacial score (nSPS) is 29.2. The van der Waals surface area contributed by atoms with E-state index in [0.717, 1.165) is 0 Å². The molecule has 0 aromatic carbocycles. The third kappa shape index (κ3) is 2.56. The molecule has 23 heavy (non-hydrogen) atoms. The van der Waals surface area contributed by atoms with E-state index in [1.54, 1.807) is 6.92 Å². The largest absolute Gasteiger partial charge is 0.381 e. The van der Waals surface area contributed by atoms with Crippen LogP contribution in [0.2, 0.25) is 0 Å². The molecule has 0 N–H and O–H groups in total. The molecule has 1 saturated carbocycles. The minimum atomic E-state index is -6.48. The fourth-order valence-electron chi connectivity index (χ4n) is 2.63. The maximum atomic E-state index is 14.5. The van der Waals surface area contributed by atoms with Crippen molar-refractivity contribution >= 4 is 22.6 Å². The van der Waals surface area contributed by atoms with Gasteiger partial charge in [-0.05, 0) is 12.8 Å². The summed E-state index contributed by atoms with van der Waals surface area (Å²) in [5.74, 6) is -25.3. The second kappa shape index (κ2) is 5.82. The predicted molar refractivity (Wildman–Crippen MR) is 74.8 cm³/mol. The summed E-state index contributed by atoms with van der Waals surface area (Å²) in [5.41, 5.74) is -5.34. The first-order chi connectivity index (χ1) is 10.1. The van der Waals surface area contributed by atoms with Crippen molar-refractivity contribution in [2.45, 2.75) is 78.7 Å². The van der Waals surface area contributed by atoms with E-state index in [0.29, 0.717) is 12.8 Å². The molecule has 0 radical (unpaired) electrons. The lowest BCUT2D eigenvalue weighted by Gasteiger charge is -2.38. The second-order valence-electron chi connectivity index (χ2n) is 5.88. The summed E-state index contributed by atoms with van der Waals surface area (Å²) < 4.78 is 120. The highest BCUT2D eigenvalue weighted by Gasteiger charge is 3.00. The van der Waals surface area contributed by atoms with Crippen molar-refractivity contribution in [1.29, 1.82) is 0 Å². The summed E-state index contributed by atoms with van der Waals surface area (Å²) in [6, 6.07) is 0. The van der Waals surface area contributed by atoms with Crippen LogP contribution >= 0.6 is 22.6 Å². The third-order valence-corrected chi connectivity index (χ3v) is 6.03. The molecule has 0 heterocycles. The molecule has 0 saturated heterocycles. The van der Waals surface area contributed by atoms with E-state index in [-0.39, 0.29) is 12.8 Å². The van der Waals surface area contributed by atoms with Crippen molar-refractivity contribution in [2.24, 2.45) is 0 Å². The molecule has 0 aliphatic heterocycles. The first kappa shape index (κ1) is 21.1. The van der Waals surface area contributed by atoms with Crippen LogP contribution in [0, 0.1) is 0 Å². The molecule has 0 aromatic heterocycles. The molecule has 0 bridgehead atoms. The van der Waals surface area contributed by atoms with Crippen LogP contribution in [0.4, 0.5) is 39.5 Å². The zero-order valence-electron chi connectivity index (χ0n) is 12.3. The number of hydrogen-bond donors (Lipinski definition) is 0. The molecular weight excluding hydrogens is 454 g/mol. The van der Waals surface area contributed by atoms with Gasteiger partial charge in [-0.1, -0.05) is 49.3 Å². The maximum Gasteiger partial charge on any atom is 0.381 e. The number of rotatable bonds is 6. The molecule has 1 aliphatic carbocycles. The smallest absolute Gasteiger partial charge is 0.230 e. The lowest BCUT2D eigenvalue weighted by molar-refractivity contribution is -0.303. The van der Waals surface area contributed by atoms with Crippen molar-refractivity contribution < 1.29 is 39.5 Å². The molecule has 0 spiro atoms. The molecule has 1 unspecified atom stereocenters. The first-order valence-electron chi connectivity index (χ1n) is 6.97. The van der Waals surface area contributed by atoms with Crippen LogP contribution in [0.5, 0.6) is 0 Å². The van der Waals surface area contributed by atoms with Crippen molar-refractivity contribution in [2.75, 3.05) is 0 Å². The van der Waals surface area contributed by atoms with Crippen LogP contribution in [-0.4, -0.2) is 32.8 Å². The Morgan fingerprint density at radius 1 is 0.739 bits per heavy atom. The van der Waals surface area contributed by atoms with E-state index in [4.69, 9.17) is 0 Å². The van der Waals surface area contributed by atoms with Crippen molar-refractivity contribution in [3.8, 4) is 0 Å². The van der Waals surface area contributed by atoms with E-state index >= 15 is 0 Å².